The molecule has 0 radical (unpaired) electrons. The van der Waals surface area contributed by atoms with E-state index in [0.29, 0.717) is 19.4 Å². The molecule has 0 aromatic heterocycles. The first-order valence-electron chi connectivity index (χ1n) is 4.98. The Labute approximate surface area is 83.1 Å². The molecule has 1 fully saturated rings. The Morgan fingerprint density at radius 2 is 2.14 bits per heavy atom. The fraction of sp³-hybridized carbons (Fsp3) is 0.889. The highest BCUT2D eigenvalue weighted by Gasteiger charge is 2.40. The monoisotopic (exact) mass is 197 g/mol. The fourth-order valence-electron chi connectivity index (χ4n) is 1.83. The summed E-state index contributed by atoms with van der Waals surface area (Å²) in [7, 11) is 0. The first kappa shape index (κ1) is 10.9. The van der Waals surface area contributed by atoms with Gasteiger partial charge in [-0.25, -0.2) is 0 Å². The number of hydrogen-bond acceptors (Lipinski definition) is 3. The molecule has 0 saturated heterocycles. The molecular weight excluding hydrogens is 182 g/mol. The predicted molar refractivity (Wildman–Crippen MR) is 51.6 cm³/mol. The summed E-state index contributed by atoms with van der Waals surface area (Å²) in [5.41, 5.74) is 7.54. The molecule has 0 aliphatic heterocycles. The molecule has 0 spiro atoms. The zero-order chi connectivity index (χ0) is 10.4. The van der Waals surface area contributed by atoms with Gasteiger partial charge in [0.25, 0.3) is 0 Å². The summed E-state index contributed by atoms with van der Waals surface area (Å²) in [6.07, 6.45) is 4.20. The lowest BCUT2D eigenvalue weighted by Crippen LogP contribution is -2.39. The van der Waals surface area contributed by atoms with Crippen molar-refractivity contribution in [1.29, 1.82) is 0 Å². The maximum atomic E-state index is 11.6. The molecule has 0 N–H and O–H groups in total. The Bertz CT molecular complexity index is 253. The Morgan fingerprint density at radius 3 is 2.64 bits per heavy atom. The van der Waals surface area contributed by atoms with Crippen LogP contribution in [0.4, 0.5) is 0 Å². The molecule has 78 valence electrons. The molecule has 0 aromatic carbocycles. The van der Waals surface area contributed by atoms with Crippen molar-refractivity contribution in [3.05, 3.63) is 10.4 Å². The van der Waals surface area contributed by atoms with E-state index in [1.807, 2.05) is 0 Å². The van der Waals surface area contributed by atoms with Crippen molar-refractivity contribution in [2.75, 3.05) is 6.61 Å². The van der Waals surface area contributed by atoms with Gasteiger partial charge in [-0.2, -0.15) is 0 Å². The quantitative estimate of drug-likeness (QED) is 0.302. The van der Waals surface area contributed by atoms with E-state index in [2.05, 4.69) is 10.0 Å². The average Bonchev–Trinajstić information content (AvgIpc) is 2.20. The van der Waals surface area contributed by atoms with Crippen molar-refractivity contribution in [2.45, 2.75) is 44.6 Å². The van der Waals surface area contributed by atoms with Crippen molar-refractivity contribution in [3.8, 4) is 0 Å². The van der Waals surface area contributed by atoms with Gasteiger partial charge in [-0.05, 0) is 25.3 Å². The second kappa shape index (κ2) is 4.86. The van der Waals surface area contributed by atoms with Crippen LogP contribution < -0.4 is 0 Å². The third kappa shape index (κ3) is 2.17. The summed E-state index contributed by atoms with van der Waals surface area (Å²) in [6.45, 7) is 2.09. The van der Waals surface area contributed by atoms with E-state index in [4.69, 9.17) is 10.3 Å². The molecule has 0 aromatic rings. The summed E-state index contributed by atoms with van der Waals surface area (Å²) < 4.78 is 4.93. The van der Waals surface area contributed by atoms with Crippen LogP contribution in [-0.4, -0.2) is 18.1 Å². The predicted octanol–water partition coefficient (Wildman–Crippen LogP) is 2.56. The number of ether oxygens (including phenoxy) is 1. The normalized spacial score (nSPS) is 19.5. The number of rotatable bonds is 3. The van der Waals surface area contributed by atoms with Gasteiger partial charge < -0.3 is 4.74 Å². The molecule has 0 amide bonds. The lowest BCUT2D eigenvalue weighted by atomic mass is 9.82. The number of carbonyl (C=O) groups excluding carboxylic acids is 1. The Kier molecular flexibility index (Phi) is 3.77. The summed E-state index contributed by atoms with van der Waals surface area (Å²) in [5, 5.41) is 3.64. The van der Waals surface area contributed by atoms with Crippen LogP contribution in [0.1, 0.15) is 39.0 Å². The minimum Gasteiger partial charge on any atom is -0.465 e. The molecule has 5 heteroatoms. The second-order valence-electron chi connectivity index (χ2n) is 3.50. The largest absolute Gasteiger partial charge is 0.465 e. The third-order valence-corrected chi connectivity index (χ3v) is 2.57. The van der Waals surface area contributed by atoms with Gasteiger partial charge in [0.2, 0.25) is 0 Å². The van der Waals surface area contributed by atoms with E-state index in [9.17, 15) is 4.79 Å². The lowest BCUT2D eigenvalue weighted by Gasteiger charge is -2.29. The third-order valence-electron chi connectivity index (χ3n) is 2.57. The van der Waals surface area contributed by atoms with Gasteiger partial charge in [0.05, 0.1) is 6.61 Å². The van der Waals surface area contributed by atoms with Gasteiger partial charge in [-0.1, -0.05) is 24.4 Å². The highest BCUT2D eigenvalue weighted by atomic mass is 16.5. The molecular formula is C9H15N3O2. The topological polar surface area (TPSA) is 75.1 Å². The molecule has 0 bridgehead atoms. The van der Waals surface area contributed by atoms with Crippen LogP contribution >= 0.6 is 0 Å². The SMILES string of the molecule is CCOC(=O)C1(N=[N+]=[N-])CCCCC1. The van der Waals surface area contributed by atoms with Crippen LogP contribution in [0.2, 0.25) is 0 Å². The molecule has 14 heavy (non-hydrogen) atoms. The van der Waals surface area contributed by atoms with Crippen LogP contribution in [0.25, 0.3) is 10.4 Å². The molecule has 1 aliphatic rings. The number of hydrogen-bond donors (Lipinski definition) is 0. The number of nitrogens with zero attached hydrogens (tertiary/aromatic N) is 3. The van der Waals surface area contributed by atoms with E-state index < -0.39 is 5.54 Å². The number of carbonyl (C=O) groups is 1. The van der Waals surface area contributed by atoms with Gasteiger partial charge in [-0.15, -0.1) is 0 Å². The Balaban J connectivity index is 2.79. The average molecular weight is 197 g/mol. The summed E-state index contributed by atoms with van der Waals surface area (Å²) in [5.74, 6) is -0.363. The number of azide groups is 1. The molecule has 0 heterocycles. The van der Waals surface area contributed by atoms with E-state index >= 15 is 0 Å². The Hall–Kier alpha value is -1.22. The van der Waals surface area contributed by atoms with Gasteiger partial charge in [0, 0.05) is 4.91 Å². The first-order valence-corrected chi connectivity index (χ1v) is 4.98. The zero-order valence-corrected chi connectivity index (χ0v) is 8.40. The smallest absolute Gasteiger partial charge is 0.318 e. The molecule has 1 saturated carbocycles. The van der Waals surface area contributed by atoms with E-state index in [-0.39, 0.29) is 5.97 Å². The summed E-state index contributed by atoms with van der Waals surface area (Å²) >= 11 is 0. The minimum absolute atomic E-state index is 0.335. The van der Waals surface area contributed by atoms with Crippen LogP contribution in [0.5, 0.6) is 0 Å². The summed E-state index contributed by atoms with van der Waals surface area (Å²) in [4.78, 5) is 14.4. The fourth-order valence-corrected chi connectivity index (χ4v) is 1.83. The number of esters is 1. The molecule has 1 rings (SSSR count). The van der Waals surface area contributed by atoms with Gasteiger partial charge in [0.15, 0.2) is 0 Å². The van der Waals surface area contributed by atoms with Gasteiger partial charge in [-0.3, -0.25) is 4.79 Å². The van der Waals surface area contributed by atoms with Crippen LogP contribution in [0.3, 0.4) is 0 Å². The maximum Gasteiger partial charge on any atom is 0.318 e. The molecule has 1 aliphatic carbocycles. The molecule has 5 nitrogen and oxygen atoms in total. The Morgan fingerprint density at radius 1 is 1.50 bits per heavy atom. The van der Waals surface area contributed by atoms with Crippen LogP contribution in [0, 0.1) is 0 Å². The van der Waals surface area contributed by atoms with Crippen molar-refractivity contribution >= 4 is 5.97 Å². The van der Waals surface area contributed by atoms with Crippen molar-refractivity contribution < 1.29 is 9.53 Å². The minimum atomic E-state index is -0.914. The lowest BCUT2D eigenvalue weighted by molar-refractivity contribution is -0.150. The van der Waals surface area contributed by atoms with Gasteiger partial charge in [0.1, 0.15) is 5.54 Å². The zero-order valence-electron chi connectivity index (χ0n) is 8.40. The summed E-state index contributed by atoms with van der Waals surface area (Å²) in [6, 6.07) is 0. The van der Waals surface area contributed by atoms with E-state index in [1.54, 1.807) is 6.92 Å². The van der Waals surface area contributed by atoms with Crippen LogP contribution in [0.15, 0.2) is 5.11 Å². The molecule has 0 unspecified atom stereocenters. The second-order valence-corrected chi connectivity index (χ2v) is 3.50. The van der Waals surface area contributed by atoms with Crippen LogP contribution in [-0.2, 0) is 9.53 Å². The molecule has 0 atom stereocenters. The van der Waals surface area contributed by atoms with Crippen molar-refractivity contribution in [3.63, 3.8) is 0 Å². The maximum absolute atomic E-state index is 11.6. The standard InChI is InChI=1S/C9H15N3O2/c1-2-14-8(13)9(11-12-10)6-4-3-5-7-9/h2-7H2,1H3. The van der Waals surface area contributed by atoms with E-state index in [1.165, 1.54) is 0 Å². The first-order chi connectivity index (χ1) is 6.75. The van der Waals surface area contributed by atoms with Crippen molar-refractivity contribution in [1.82, 2.24) is 0 Å². The van der Waals surface area contributed by atoms with Crippen molar-refractivity contribution in [2.24, 2.45) is 5.11 Å². The van der Waals surface area contributed by atoms with E-state index in [0.717, 1.165) is 19.3 Å². The van der Waals surface area contributed by atoms with Gasteiger partial charge >= 0.3 is 5.97 Å². The highest BCUT2D eigenvalue weighted by Crippen LogP contribution is 2.33. The highest BCUT2D eigenvalue weighted by molar-refractivity contribution is 5.81.